The van der Waals surface area contributed by atoms with Crippen LogP contribution < -0.4 is 0 Å². The van der Waals surface area contributed by atoms with Crippen LogP contribution in [0.1, 0.15) is 45.6 Å². The summed E-state index contributed by atoms with van der Waals surface area (Å²) >= 11 is 1.40. The number of rotatable bonds is 7. The summed E-state index contributed by atoms with van der Waals surface area (Å²) in [5.41, 5.74) is -0.423. The molecule has 2 aliphatic rings. The molecular weight excluding hydrogens is 487 g/mol. The molecule has 35 heavy (non-hydrogen) atoms. The van der Waals surface area contributed by atoms with Gasteiger partial charge in [-0.3, -0.25) is 14.4 Å². The second-order valence-electron chi connectivity index (χ2n) is 8.64. The number of likely N-dealkylation sites (tertiary alicyclic amines) is 1. The van der Waals surface area contributed by atoms with E-state index in [4.69, 9.17) is 9.47 Å². The zero-order valence-electron chi connectivity index (χ0n) is 19.4. The Labute approximate surface area is 204 Å². The molecule has 192 valence electrons. The Balaban J connectivity index is 1.23. The fraction of sp³-hybridized carbons (Fsp3) is 0.636. The van der Waals surface area contributed by atoms with Gasteiger partial charge in [0.15, 0.2) is 11.4 Å². The van der Waals surface area contributed by atoms with E-state index in [1.165, 1.54) is 18.3 Å². The smallest absolute Gasteiger partial charge is 0.435 e. The van der Waals surface area contributed by atoms with Crippen LogP contribution in [0.25, 0.3) is 0 Å². The lowest BCUT2D eigenvalue weighted by molar-refractivity contribution is -0.142. The quantitative estimate of drug-likeness (QED) is 0.524. The average molecular weight is 516 g/mol. The topological polar surface area (TPSA) is 89.8 Å². The number of halogens is 3. The molecule has 0 unspecified atom stereocenters. The number of ether oxygens (including phenoxy) is 2. The van der Waals surface area contributed by atoms with E-state index in [9.17, 15) is 22.8 Å². The van der Waals surface area contributed by atoms with E-state index in [0.29, 0.717) is 58.0 Å². The molecule has 2 aromatic heterocycles. The lowest BCUT2D eigenvalue weighted by Gasteiger charge is -2.31. The van der Waals surface area contributed by atoms with Gasteiger partial charge in [-0.15, -0.1) is 11.3 Å². The Morgan fingerprint density at radius 2 is 1.91 bits per heavy atom. The molecule has 0 radical (unpaired) electrons. The maximum atomic E-state index is 12.9. The molecule has 9 nitrogen and oxygen atoms in total. The fourth-order valence-electron chi connectivity index (χ4n) is 4.15. The molecular formula is C22H28F3N5O4S. The van der Waals surface area contributed by atoms with E-state index in [1.54, 1.807) is 10.3 Å². The monoisotopic (exact) mass is 515 g/mol. The summed E-state index contributed by atoms with van der Waals surface area (Å²) in [7, 11) is 0. The summed E-state index contributed by atoms with van der Waals surface area (Å²) in [6.07, 6.45) is -3.22. The third kappa shape index (κ3) is 6.58. The minimum atomic E-state index is -4.54. The van der Waals surface area contributed by atoms with Gasteiger partial charge in [-0.05, 0) is 25.8 Å². The highest BCUT2D eigenvalue weighted by molar-refractivity contribution is 7.09. The van der Waals surface area contributed by atoms with Crippen LogP contribution in [-0.4, -0.2) is 89.0 Å². The Morgan fingerprint density at radius 3 is 2.57 bits per heavy atom. The third-order valence-electron chi connectivity index (χ3n) is 6.23. The second kappa shape index (κ2) is 11.0. The van der Waals surface area contributed by atoms with Crippen LogP contribution >= 0.6 is 11.3 Å². The van der Waals surface area contributed by atoms with Gasteiger partial charge in [-0.2, -0.15) is 18.3 Å². The average Bonchev–Trinajstić information content (AvgIpc) is 3.47. The molecule has 0 aliphatic carbocycles. The van der Waals surface area contributed by atoms with Crippen LogP contribution in [0, 0.1) is 6.92 Å². The van der Waals surface area contributed by atoms with E-state index in [1.807, 2.05) is 0 Å². The fourth-order valence-corrected chi connectivity index (χ4v) is 5.11. The van der Waals surface area contributed by atoms with Gasteiger partial charge in [0.25, 0.3) is 0 Å². The van der Waals surface area contributed by atoms with E-state index < -0.39 is 17.8 Å². The number of aromatic nitrogens is 3. The summed E-state index contributed by atoms with van der Waals surface area (Å²) < 4.78 is 50.3. The molecule has 0 bridgehead atoms. The van der Waals surface area contributed by atoms with Gasteiger partial charge in [0.2, 0.25) is 5.91 Å². The predicted octanol–water partition coefficient (Wildman–Crippen LogP) is 2.56. The minimum absolute atomic E-state index is 0.113. The molecule has 4 rings (SSSR count). The van der Waals surface area contributed by atoms with Crippen molar-refractivity contribution in [3.05, 3.63) is 33.5 Å². The van der Waals surface area contributed by atoms with Gasteiger partial charge in [-0.1, -0.05) is 0 Å². The first-order valence-electron chi connectivity index (χ1n) is 11.5. The van der Waals surface area contributed by atoms with Crippen LogP contribution in [-0.2, 0) is 27.0 Å². The molecule has 2 saturated heterocycles. The SMILES string of the molecule is Cc1cc(C(F)(F)F)nn1CC(=O)N1CCC(c2nc(C(=O)OCCN3CCOCC3)cs2)CC1. The normalized spacial score (nSPS) is 18.1. The Morgan fingerprint density at radius 1 is 1.20 bits per heavy atom. The maximum Gasteiger partial charge on any atom is 0.435 e. The van der Waals surface area contributed by atoms with E-state index in [0.717, 1.165) is 28.8 Å². The van der Waals surface area contributed by atoms with Gasteiger partial charge < -0.3 is 14.4 Å². The van der Waals surface area contributed by atoms with Crippen molar-refractivity contribution < 1.29 is 32.2 Å². The van der Waals surface area contributed by atoms with Crippen molar-refractivity contribution in [2.45, 2.75) is 38.4 Å². The van der Waals surface area contributed by atoms with E-state index >= 15 is 0 Å². The highest BCUT2D eigenvalue weighted by Crippen LogP contribution is 2.31. The molecule has 0 atom stereocenters. The van der Waals surface area contributed by atoms with E-state index in [-0.39, 0.29) is 24.1 Å². The number of aryl methyl sites for hydroxylation is 1. The highest BCUT2D eigenvalue weighted by atomic mass is 32.1. The van der Waals surface area contributed by atoms with Crippen molar-refractivity contribution in [1.29, 1.82) is 0 Å². The number of esters is 1. The number of hydrogen-bond donors (Lipinski definition) is 0. The Hall–Kier alpha value is -2.51. The lowest BCUT2D eigenvalue weighted by Crippen LogP contribution is -2.40. The summed E-state index contributed by atoms with van der Waals surface area (Å²) in [5.74, 6) is -0.601. The molecule has 4 heterocycles. The van der Waals surface area contributed by atoms with Crippen LogP contribution in [0.15, 0.2) is 11.4 Å². The summed E-state index contributed by atoms with van der Waals surface area (Å²) in [6, 6.07) is 0.938. The molecule has 0 N–H and O–H groups in total. The largest absolute Gasteiger partial charge is 0.460 e. The molecule has 0 spiro atoms. The minimum Gasteiger partial charge on any atom is -0.460 e. The number of carbonyl (C=O) groups excluding carboxylic acids is 2. The zero-order valence-corrected chi connectivity index (χ0v) is 20.2. The van der Waals surface area contributed by atoms with Gasteiger partial charge in [-0.25, -0.2) is 9.78 Å². The Kier molecular flexibility index (Phi) is 8.07. The number of hydrogen-bond acceptors (Lipinski definition) is 8. The molecule has 0 aromatic carbocycles. The molecule has 2 aliphatic heterocycles. The third-order valence-corrected chi connectivity index (χ3v) is 7.24. The van der Waals surface area contributed by atoms with Crippen LogP contribution in [0.2, 0.25) is 0 Å². The summed E-state index contributed by atoms with van der Waals surface area (Å²) in [6.45, 7) is 6.20. The van der Waals surface area contributed by atoms with Crippen molar-refractivity contribution in [2.24, 2.45) is 0 Å². The summed E-state index contributed by atoms with van der Waals surface area (Å²) in [5, 5.41) is 6.05. The molecule has 1 amide bonds. The second-order valence-corrected chi connectivity index (χ2v) is 9.53. The maximum absolute atomic E-state index is 12.9. The van der Waals surface area contributed by atoms with Gasteiger partial charge >= 0.3 is 12.1 Å². The van der Waals surface area contributed by atoms with Crippen molar-refractivity contribution in [3.8, 4) is 0 Å². The van der Waals surface area contributed by atoms with Gasteiger partial charge in [0, 0.05) is 49.7 Å². The molecule has 2 aromatic rings. The van der Waals surface area contributed by atoms with Crippen molar-refractivity contribution in [1.82, 2.24) is 24.6 Å². The molecule has 13 heteroatoms. The molecule has 0 saturated carbocycles. The van der Waals surface area contributed by atoms with Gasteiger partial charge in [0.05, 0.1) is 18.2 Å². The number of alkyl halides is 3. The van der Waals surface area contributed by atoms with Crippen molar-refractivity contribution in [3.63, 3.8) is 0 Å². The van der Waals surface area contributed by atoms with Crippen molar-refractivity contribution >= 4 is 23.2 Å². The predicted molar refractivity (Wildman–Crippen MR) is 120 cm³/mol. The van der Waals surface area contributed by atoms with Crippen molar-refractivity contribution in [2.75, 3.05) is 52.5 Å². The molecule has 2 fully saturated rings. The Bertz CT molecular complexity index is 1030. The highest BCUT2D eigenvalue weighted by Gasteiger charge is 2.35. The zero-order chi connectivity index (χ0) is 25.0. The number of carbonyl (C=O) groups is 2. The number of nitrogens with zero attached hydrogens (tertiary/aromatic N) is 5. The first-order valence-corrected chi connectivity index (χ1v) is 12.4. The number of morpholine rings is 1. The number of thiazole rings is 1. The van der Waals surface area contributed by atoms with Crippen LogP contribution in [0.4, 0.5) is 13.2 Å². The standard InChI is InChI=1S/C22H28F3N5O4S/c1-15-12-18(22(23,24)25)27-30(15)13-19(31)29-4-2-16(3-5-29)20-26-17(14-35-20)21(32)34-11-8-28-6-9-33-10-7-28/h12,14,16H,2-11,13H2,1H3. The van der Waals surface area contributed by atoms with Crippen LogP contribution in [0.5, 0.6) is 0 Å². The lowest BCUT2D eigenvalue weighted by atomic mass is 9.97. The number of amides is 1. The number of piperidine rings is 1. The summed E-state index contributed by atoms with van der Waals surface area (Å²) in [4.78, 5) is 33.2. The van der Waals surface area contributed by atoms with Crippen LogP contribution in [0.3, 0.4) is 0 Å². The van der Waals surface area contributed by atoms with E-state index in [2.05, 4.69) is 15.0 Å². The first-order chi connectivity index (χ1) is 16.7. The first kappa shape index (κ1) is 25.6. The van der Waals surface area contributed by atoms with Gasteiger partial charge in [0.1, 0.15) is 13.2 Å².